The standard InChI is InChI=1S/C20H23N5O/c26-20(24-10-1-2-11-24)15-7-4-12-25(13-15)17-9-8-16-19(22-17)23-18(21-16)14-5-3-6-14/h3,5-6,8-9,15H,1-2,4,7,10-13H2,(H,21,22,23)/t15-/m1/s1. The highest BCUT2D eigenvalue weighted by Gasteiger charge is 2.31. The van der Waals surface area contributed by atoms with Gasteiger partial charge in [-0.2, -0.15) is 0 Å². The second kappa shape index (κ2) is 6.27. The molecular formula is C20H23N5O. The number of amides is 1. The fraction of sp³-hybridized carbons (Fsp3) is 0.450. The van der Waals surface area contributed by atoms with Gasteiger partial charge in [0.2, 0.25) is 5.91 Å². The number of aromatic amines is 1. The Morgan fingerprint density at radius 3 is 2.73 bits per heavy atom. The molecule has 6 nitrogen and oxygen atoms in total. The average molecular weight is 349 g/mol. The van der Waals surface area contributed by atoms with Crippen molar-refractivity contribution >= 4 is 28.5 Å². The van der Waals surface area contributed by atoms with E-state index >= 15 is 0 Å². The van der Waals surface area contributed by atoms with E-state index in [2.05, 4.69) is 14.9 Å². The van der Waals surface area contributed by atoms with Crippen molar-refractivity contribution in [2.24, 2.45) is 5.92 Å². The van der Waals surface area contributed by atoms with Gasteiger partial charge in [-0.1, -0.05) is 18.2 Å². The van der Waals surface area contributed by atoms with Crippen LogP contribution in [0.1, 0.15) is 31.5 Å². The van der Waals surface area contributed by atoms with Crippen molar-refractivity contribution < 1.29 is 4.79 Å². The molecular weight excluding hydrogens is 326 g/mol. The molecule has 0 unspecified atom stereocenters. The van der Waals surface area contributed by atoms with E-state index in [1.54, 1.807) is 0 Å². The van der Waals surface area contributed by atoms with Crippen LogP contribution < -0.4 is 4.90 Å². The van der Waals surface area contributed by atoms with Gasteiger partial charge in [-0.05, 0) is 37.8 Å². The molecule has 1 N–H and O–H groups in total. The minimum atomic E-state index is 0.0990. The number of fused-ring (bicyclic) bond motifs is 1. The number of hydrogen-bond acceptors (Lipinski definition) is 4. The molecule has 134 valence electrons. The minimum absolute atomic E-state index is 0.0990. The van der Waals surface area contributed by atoms with Gasteiger partial charge in [0.15, 0.2) is 5.65 Å². The number of imidazole rings is 1. The Bertz CT molecular complexity index is 906. The molecule has 1 aliphatic carbocycles. The zero-order chi connectivity index (χ0) is 17.5. The molecule has 0 saturated carbocycles. The number of likely N-dealkylation sites (tertiary alicyclic amines) is 1. The van der Waals surface area contributed by atoms with Gasteiger partial charge in [0.05, 0.1) is 5.92 Å². The number of carbonyl (C=O) groups excluding carboxylic acids is 1. The number of nitrogens with zero attached hydrogens (tertiary/aromatic N) is 4. The number of allylic oxidation sites excluding steroid dienone is 4. The van der Waals surface area contributed by atoms with Crippen LogP contribution in [0, 0.1) is 5.92 Å². The lowest BCUT2D eigenvalue weighted by molar-refractivity contribution is -0.134. The van der Waals surface area contributed by atoms with Gasteiger partial charge < -0.3 is 14.8 Å². The molecule has 6 heteroatoms. The third kappa shape index (κ3) is 2.69. The predicted molar refractivity (Wildman–Crippen MR) is 102 cm³/mol. The first kappa shape index (κ1) is 15.6. The molecule has 2 fully saturated rings. The van der Waals surface area contributed by atoms with E-state index in [1.807, 2.05) is 35.3 Å². The van der Waals surface area contributed by atoms with Gasteiger partial charge in [-0.25, -0.2) is 9.97 Å². The number of carbonyl (C=O) groups is 1. The van der Waals surface area contributed by atoms with Crippen LogP contribution in [0.4, 0.5) is 5.82 Å². The van der Waals surface area contributed by atoms with Crippen LogP contribution in [-0.2, 0) is 4.79 Å². The molecule has 2 aromatic rings. The summed E-state index contributed by atoms with van der Waals surface area (Å²) in [5.41, 5.74) is 2.80. The second-order valence-corrected chi connectivity index (χ2v) is 7.42. The number of pyridine rings is 1. The number of nitrogens with one attached hydrogen (secondary N) is 1. The van der Waals surface area contributed by atoms with Crippen LogP contribution in [0.3, 0.4) is 0 Å². The number of hydrogen-bond donors (Lipinski definition) is 1. The van der Waals surface area contributed by atoms with Gasteiger partial charge in [0.1, 0.15) is 17.2 Å². The van der Waals surface area contributed by atoms with Crippen LogP contribution >= 0.6 is 0 Å². The topological polar surface area (TPSA) is 65.1 Å². The molecule has 2 aliphatic heterocycles. The highest BCUT2D eigenvalue weighted by atomic mass is 16.2. The van der Waals surface area contributed by atoms with Crippen molar-refractivity contribution in [1.82, 2.24) is 19.9 Å². The van der Waals surface area contributed by atoms with Crippen molar-refractivity contribution in [3.05, 3.63) is 36.2 Å². The first-order valence-electron chi connectivity index (χ1n) is 9.57. The van der Waals surface area contributed by atoms with Gasteiger partial charge >= 0.3 is 0 Å². The number of anilines is 1. The van der Waals surface area contributed by atoms with E-state index in [4.69, 9.17) is 4.98 Å². The minimum Gasteiger partial charge on any atom is -0.356 e. The molecule has 2 aromatic heterocycles. The van der Waals surface area contributed by atoms with E-state index in [0.717, 1.165) is 80.2 Å². The Hall–Kier alpha value is -2.63. The number of aromatic nitrogens is 3. The maximum Gasteiger partial charge on any atom is 0.227 e. The summed E-state index contributed by atoms with van der Waals surface area (Å²) in [7, 11) is 0. The third-order valence-electron chi connectivity index (χ3n) is 5.67. The smallest absolute Gasteiger partial charge is 0.227 e. The van der Waals surface area contributed by atoms with Crippen LogP contribution in [0.2, 0.25) is 0 Å². The maximum absolute atomic E-state index is 12.8. The monoisotopic (exact) mass is 349 g/mol. The normalized spacial score (nSPS) is 22.6. The summed E-state index contributed by atoms with van der Waals surface area (Å²) in [5, 5.41) is 0. The highest BCUT2D eigenvalue weighted by Crippen LogP contribution is 2.27. The third-order valence-corrected chi connectivity index (χ3v) is 5.67. The number of piperidine rings is 1. The summed E-state index contributed by atoms with van der Waals surface area (Å²) < 4.78 is 0. The lowest BCUT2D eigenvalue weighted by atomic mass is 9.96. The summed E-state index contributed by atoms with van der Waals surface area (Å²) in [6.45, 7) is 3.58. The van der Waals surface area contributed by atoms with E-state index in [9.17, 15) is 4.79 Å². The molecule has 1 atom stereocenters. The molecule has 0 bridgehead atoms. The number of H-pyrrole nitrogens is 1. The lowest BCUT2D eigenvalue weighted by Gasteiger charge is -2.34. The zero-order valence-electron chi connectivity index (χ0n) is 14.8. The van der Waals surface area contributed by atoms with Crippen LogP contribution in [0.25, 0.3) is 16.7 Å². The van der Waals surface area contributed by atoms with Crippen molar-refractivity contribution in [1.29, 1.82) is 0 Å². The van der Waals surface area contributed by atoms with Crippen LogP contribution in [0.5, 0.6) is 0 Å². The van der Waals surface area contributed by atoms with E-state index in [1.165, 1.54) is 0 Å². The first-order valence-corrected chi connectivity index (χ1v) is 9.57. The average Bonchev–Trinajstić information content (AvgIpc) is 3.28. The molecule has 2 saturated heterocycles. The maximum atomic E-state index is 12.8. The Labute approximate surface area is 152 Å². The van der Waals surface area contributed by atoms with Gasteiger partial charge in [-0.3, -0.25) is 4.79 Å². The zero-order valence-corrected chi connectivity index (χ0v) is 14.8. The van der Waals surface area contributed by atoms with E-state index in [-0.39, 0.29) is 5.92 Å². The highest BCUT2D eigenvalue weighted by molar-refractivity contribution is 5.83. The molecule has 1 amide bonds. The molecule has 5 rings (SSSR count). The van der Waals surface area contributed by atoms with E-state index < -0.39 is 0 Å². The lowest BCUT2D eigenvalue weighted by Crippen LogP contribution is -2.44. The van der Waals surface area contributed by atoms with E-state index in [0.29, 0.717) is 5.91 Å². The Balaban J connectivity index is 1.35. The summed E-state index contributed by atoms with van der Waals surface area (Å²) >= 11 is 0. The Morgan fingerprint density at radius 1 is 1.12 bits per heavy atom. The molecule has 0 radical (unpaired) electrons. The van der Waals surface area contributed by atoms with Gasteiger partial charge in [0.25, 0.3) is 0 Å². The second-order valence-electron chi connectivity index (χ2n) is 7.42. The van der Waals surface area contributed by atoms with Crippen molar-refractivity contribution in [2.45, 2.75) is 25.7 Å². The molecule has 3 aliphatic rings. The SMILES string of the molecule is O=C([C@@H]1CCCN(c2ccc3nc(C4=CC=C4)[nH]c3n2)C1)N1CCCC1. The van der Waals surface area contributed by atoms with Gasteiger partial charge in [-0.15, -0.1) is 0 Å². The summed E-state index contributed by atoms with van der Waals surface area (Å²) in [6, 6.07) is 4.05. The Kier molecular flexibility index (Phi) is 3.76. The van der Waals surface area contributed by atoms with Crippen molar-refractivity contribution in [3.63, 3.8) is 0 Å². The fourth-order valence-electron chi connectivity index (χ4n) is 4.13. The molecule has 4 heterocycles. The first-order chi connectivity index (χ1) is 12.8. The van der Waals surface area contributed by atoms with Crippen LogP contribution in [-0.4, -0.2) is 51.9 Å². The predicted octanol–water partition coefficient (Wildman–Crippen LogP) is 2.75. The summed E-state index contributed by atoms with van der Waals surface area (Å²) in [4.78, 5) is 29.8. The van der Waals surface area contributed by atoms with Crippen molar-refractivity contribution in [2.75, 3.05) is 31.1 Å². The summed E-state index contributed by atoms with van der Waals surface area (Å²) in [5.74, 6) is 2.24. The number of rotatable bonds is 3. The molecule has 26 heavy (non-hydrogen) atoms. The fourth-order valence-corrected chi connectivity index (χ4v) is 4.13. The summed E-state index contributed by atoms with van der Waals surface area (Å²) in [6.07, 6.45) is 10.4. The van der Waals surface area contributed by atoms with Crippen LogP contribution in [0.15, 0.2) is 30.4 Å². The Morgan fingerprint density at radius 2 is 1.96 bits per heavy atom. The molecule has 0 aromatic carbocycles. The largest absolute Gasteiger partial charge is 0.356 e. The molecule has 0 spiro atoms. The van der Waals surface area contributed by atoms with Crippen molar-refractivity contribution in [3.8, 4) is 0 Å². The quantitative estimate of drug-likeness (QED) is 0.925. The van der Waals surface area contributed by atoms with Gasteiger partial charge in [0, 0.05) is 31.8 Å².